The lowest BCUT2D eigenvalue weighted by atomic mass is 10.1. The second-order valence-electron chi connectivity index (χ2n) is 4.40. The molecule has 2 rings (SSSR count). The van der Waals surface area contributed by atoms with Gasteiger partial charge in [-0.3, -0.25) is 4.98 Å². The number of ether oxygens (including phenoxy) is 1. The minimum atomic E-state index is 0.354. The predicted molar refractivity (Wildman–Crippen MR) is 85.2 cm³/mol. The van der Waals surface area contributed by atoms with Crippen molar-refractivity contribution in [2.75, 3.05) is 12.4 Å². The molecule has 2 aromatic rings. The zero-order valence-electron chi connectivity index (χ0n) is 11.5. The Bertz CT molecular complexity index is 628. The minimum absolute atomic E-state index is 0.354. The van der Waals surface area contributed by atoms with Gasteiger partial charge in [-0.15, -0.1) is 0 Å². The summed E-state index contributed by atoms with van der Waals surface area (Å²) in [4.78, 5) is 4.80. The Morgan fingerprint density at radius 1 is 1.35 bits per heavy atom. The third kappa shape index (κ3) is 3.45. The molecule has 20 heavy (non-hydrogen) atoms. The number of aromatic nitrogens is 1. The number of thiocarbonyl (C=S) groups is 1. The van der Waals surface area contributed by atoms with Gasteiger partial charge in [0.1, 0.15) is 10.7 Å². The molecule has 1 aromatic heterocycles. The molecule has 0 radical (unpaired) electrons. The van der Waals surface area contributed by atoms with Gasteiger partial charge in [0.2, 0.25) is 0 Å². The lowest BCUT2D eigenvalue weighted by Gasteiger charge is -2.12. The van der Waals surface area contributed by atoms with Gasteiger partial charge in [-0.25, -0.2) is 0 Å². The maximum absolute atomic E-state index is 5.73. The summed E-state index contributed by atoms with van der Waals surface area (Å²) in [5.74, 6) is 0.754. The summed E-state index contributed by atoms with van der Waals surface area (Å²) in [5.41, 5.74) is 9.33. The van der Waals surface area contributed by atoms with E-state index in [1.165, 1.54) is 0 Å². The van der Waals surface area contributed by atoms with E-state index < -0.39 is 0 Å². The zero-order valence-corrected chi connectivity index (χ0v) is 12.3. The summed E-state index contributed by atoms with van der Waals surface area (Å²) in [5, 5.41) is 3.30. The van der Waals surface area contributed by atoms with E-state index in [0.717, 1.165) is 28.4 Å². The Kier molecular flexibility index (Phi) is 4.53. The van der Waals surface area contributed by atoms with E-state index in [1.54, 1.807) is 7.11 Å². The SMILES string of the molecule is COc1ccc(C(N)=S)c(NCc2cccc(C)n2)c1. The number of pyridine rings is 1. The number of nitrogens with one attached hydrogen (secondary N) is 1. The summed E-state index contributed by atoms with van der Waals surface area (Å²) < 4.78 is 5.22. The molecule has 104 valence electrons. The summed E-state index contributed by atoms with van der Waals surface area (Å²) in [6, 6.07) is 11.5. The largest absolute Gasteiger partial charge is 0.497 e. The molecule has 1 aromatic carbocycles. The summed E-state index contributed by atoms with van der Waals surface area (Å²) >= 11 is 5.06. The molecular weight excluding hydrogens is 270 g/mol. The number of hydrogen-bond acceptors (Lipinski definition) is 4. The molecule has 0 bridgehead atoms. The number of hydrogen-bond donors (Lipinski definition) is 2. The van der Waals surface area contributed by atoms with Crippen molar-refractivity contribution in [3.63, 3.8) is 0 Å². The molecule has 0 amide bonds. The van der Waals surface area contributed by atoms with Crippen LogP contribution in [0.1, 0.15) is 17.0 Å². The molecular formula is C15H17N3OS. The van der Waals surface area contributed by atoms with Crippen molar-refractivity contribution in [1.29, 1.82) is 0 Å². The summed E-state index contributed by atoms with van der Waals surface area (Å²) in [7, 11) is 1.63. The topological polar surface area (TPSA) is 60.2 Å². The number of methoxy groups -OCH3 is 1. The fourth-order valence-electron chi connectivity index (χ4n) is 1.90. The molecule has 0 unspecified atom stereocenters. The van der Waals surface area contributed by atoms with Crippen LogP contribution in [0.15, 0.2) is 36.4 Å². The minimum Gasteiger partial charge on any atom is -0.497 e. The van der Waals surface area contributed by atoms with Crippen LogP contribution in [0, 0.1) is 6.92 Å². The van der Waals surface area contributed by atoms with Gasteiger partial charge in [-0.05, 0) is 31.2 Å². The second kappa shape index (κ2) is 6.34. The van der Waals surface area contributed by atoms with Crippen molar-refractivity contribution in [3.05, 3.63) is 53.3 Å². The zero-order chi connectivity index (χ0) is 14.5. The van der Waals surface area contributed by atoms with Crippen molar-refractivity contribution >= 4 is 22.9 Å². The fraction of sp³-hybridized carbons (Fsp3) is 0.200. The predicted octanol–water partition coefficient (Wildman–Crippen LogP) is 2.64. The molecule has 1 heterocycles. The number of anilines is 1. The van der Waals surface area contributed by atoms with E-state index in [0.29, 0.717) is 11.5 Å². The van der Waals surface area contributed by atoms with Gasteiger partial charge in [-0.1, -0.05) is 18.3 Å². The highest BCUT2D eigenvalue weighted by Gasteiger charge is 2.07. The van der Waals surface area contributed by atoms with Gasteiger partial charge in [-0.2, -0.15) is 0 Å². The Morgan fingerprint density at radius 2 is 2.15 bits per heavy atom. The summed E-state index contributed by atoms with van der Waals surface area (Å²) in [6.07, 6.45) is 0. The first-order chi connectivity index (χ1) is 9.60. The van der Waals surface area contributed by atoms with Crippen LogP contribution in [0.4, 0.5) is 5.69 Å². The van der Waals surface area contributed by atoms with Crippen LogP contribution in [-0.4, -0.2) is 17.1 Å². The number of nitrogens with two attached hydrogens (primary N) is 1. The lowest BCUT2D eigenvalue weighted by molar-refractivity contribution is 0.415. The molecule has 0 fully saturated rings. The van der Waals surface area contributed by atoms with Crippen molar-refractivity contribution in [1.82, 2.24) is 4.98 Å². The monoisotopic (exact) mass is 287 g/mol. The van der Waals surface area contributed by atoms with E-state index in [1.807, 2.05) is 43.3 Å². The normalized spacial score (nSPS) is 10.1. The van der Waals surface area contributed by atoms with Crippen molar-refractivity contribution < 1.29 is 4.74 Å². The number of nitrogens with zero attached hydrogens (tertiary/aromatic N) is 1. The Balaban J connectivity index is 2.21. The number of benzene rings is 1. The molecule has 0 saturated heterocycles. The highest BCUT2D eigenvalue weighted by Crippen LogP contribution is 2.23. The number of rotatable bonds is 5. The Morgan fingerprint density at radius 3 is 2.80 bits per heavy atom. The van der Waals surface area contributed by atoms with Crippen LogP contribution in [-0.2, 0) is 6.54 Å². The van der Waals surface area contributed by atoms with Gasteiger partial charge in [0, 0.05) is 23.0 Å². The van der Waals surface area contributed by atoms with Crippen molar-refractivity contribution in [2.24, 2.45) is 5.73 Å². The van der Waals surface area contributed by atoms with E-state index in [9.17, 15) is 0 Å². The molecule has 0 saturated carbocycles. The van der Waals surface area contributed by atoms with Gasteiger partial charge < -0.3 is 15.8 Å². The van der Waals surface area contributed by atoms with E-state index in [-0.39, 0.29) is 0 Å². The van der Waals surface area contributed by atoms with Crippen LogP contribution < -0.4 is 15.8 Å². The molecule has 0 aliphatic rings. The molecule has 5 heteroatoms. The van der Waals surface area contributed by atoms with Gasteiger partial charge in [0.15, 0.2) is 0 Å². The van der Waals surface area contributed by atoms with E-state index in [4.69, 9.17) is 22.7 Å². The van der Waals surface area contributed by atoms with Crippen LogP contribution in [0.25, 0.3) is 0 Å². The molecule has 0 spiro atoms. The number of aryl methyl sites for hydroxylation is 1. The summed E-state index contributed by atoms with van der Waals surface area (Å²) in [6.45, 7) is 2.57. The molecule has 3 N–H and O–H groups in total. The van der Waals surface area contributed by atoms with E-state index in [2.05, 4.69) is 10.3 Å². The molecule has 0 aliphatic carbocycles. The van der Waals surface area contributed by atoms with Crippen LogP contribution in [0.5, 0.6) is 5.75 Å². The Labute approximate surface area is 124 Å². The van der Waals surface area contributed by atoms with Gasteiger partial charge in [0.05, 0.1) is 19.3 Å². The first-order valence-corrected chi connectivity index (χ1v) is 6.65. The molecule has 0 aliphatic heterocycles. The van der Waals surface area contributed by atoms with Gasteiger partial charge in [0.25, 0.3) is 0 Å². The second-order valence-corrected chi connectivity index (χ2v) is 4.84. The van der Waals surface area contributed by atoms with Crippen LogP contribution in [0.2, 0.25) is 0 Å². The maximum atomic E-state index is 5.73. The smallest absolute Gasteiger partial charge is 0.120 e. The Hall–Kier alpha value is -2.14. The average Bonchev–Trinajstić information content (AvgIpc) is 2.44. The van der Waals surface area contributed by atoms with E-state index >= 15 is 0 Å². The molecule has 0 atom stereocenters. The third-order valence-electron chi connectivity index (χ3n) is 2.90. The quantitative estimate of drug-likeness (QED) is 0.828. The van der Waals surface area contributed by atoms with Crippen LogP contribution in [0.3, 0.4) is 0 Å². The standard InChI is InChI=1S/C15H17N3OS/c1-10-4-3-5-11(18-10)9-17-14-8-12(19-2)6-7-13(14)15(16)20/h3-8,17H,9H2,1-2H3,(H2,16,20). The first kappa shape index (κ1) is 14.3. The highest BCUT2D eigenvalue weighted by atomic mass is 32.1. The van der Waals surface area contributed by atoms with Crippen LogP contribution >= 0.6 is 12.2 Å². The molecule has 4 nitrogen and oxygen atoms in total. The maximum Gasteiger partial charge on any atom is 0.120 e. The fourth-order valence-corrected chi connectivity index (χ4v) is 2.07. The lowest BCUT2D eigenvalue weighted by Crippen LogP contribution is -2.13. The van der Waals surface area contributed by atoms with Crippen molar-refractivity contribution in [3.8, 4) is 5.75 Å². The first-order valence-electron chi connectivity index (χ1n) is 6.24. The van der Waals surface area contributed by atoms with Gasteiger partial charge >= 0.3 is 0 Å². The highest BCUT2D eigenvalue weighted by molar-refractivity contribution is 7.80. The third-order valence-corrected chi connectivity index (χ3v) is 3.12. The van der Waals surface area contributed by atoms with Crippen molar-refractivity contribution in [2.45, 2.75) is 13.5 Å². The average molecular weight is 287 g/mol.